The zero-order chi connectivity index (χ0) is 12.6. The Morgan fingerprint density at radius 1 is 1.13 bits per heavy atom. The highest BCUT2D eigenvalue weighted by atomic mass is 16.4. The molecule has 0 spiro atoms. The molecule has 5 N–H and O–H groups in total. The second-order valence-corrected chi connectivity index (χ2v) is 2.40. The van der Waals surface area contributed by atoms with Gasteiger partial charge in [-0.3, -0.25) is 14.4 Å². The second-order valence-electron chi connectivity index (χ2n) is 2.40. The molecule has 0 heterocycles. The summed E-state index contributed by atoms with van der Waals surface area (Å²) < 4.78 is 0. The highest BCUT2D eigenvalue weighted by molar-refractivity contribution is 6.31. The quantitative estimate of drug-likeness (QED) is 0.419. The molecule has 1 unspecified atom stereocenters. The van der Waals surface area contributed by atoms with Crippen LogP contribution in [0, 0.1) is 0 Å². The number of carbonyl (C=O) groups is 4. The van der Waals surface area contributed by atoms with Crippen LogP contribution >= 0.6 is 0 Å². The monoisotopic (exact) mass is 221 g/mol. The van der Waals surface area contributed by atoms with Gasteiger partial charge in [0, 0.05) is 6.92 Å². The van der Waals surface area contributed by atoms with Crippen molar-refractivity contribution in [2.75, 3.05) is 0 Å². The number of Topliss-reactive ketones (excluding diaryl/α,β-unsaturated/α-hetero) is 1. The summed E-state index contributed by atoms with van der Waals surface area (Å²) in [6, 6.07) is -1.29. The molecule has 8 nitrogen and oxygen atoms in total. The van der Waals surface area contributed by atoms with Crippen LogP contribution in [0.5, 0.6) is 0 Å². The first kappa shape index (κ1) is 15.5. The van der Waals surface area contributed by atoms with Crippen LogP contribution in [0.2, 0.25) is 0 Å². The number of aliphatic carboxylic acids is 3. The van der Waals surface area contributed by atoms with Gasteiger partial charge in [0.2, 0.25) is 5.78 Å². The summed E-state index contributed by atoms with van der Waals surface area (Å²) in [7, 11) is 0. The molecule has 0 bridgehead atoms. The average Bonchev–Trinajstić information content (AvgIpc) is 2.03. The molecule has 0 rings (SSSR count). The maximum atomic E-state index is 9.85. The van der Waals surface area contributed by atoms with E-state index in [-0.39, 0.29) is 0 Å². The molecule has 0 fully saturated rings. The number of carboxylic acids is 3. The largest absolute Gasteiger partial charge is 0.481 e. The van der Waals surface area contributed by atoms with Crippen molar-refractivity contribution in [1.29, 1.82) is 0 Å². The van der Waals surface area contributed by atoms with Gasteiger partial charge < -0.3 is 21.1 Å². The number of ketones is 1. The van der Waals surface area contributed by atoms with E-state index in [9.17, 15) is 19.2 Å². The van der Waals surface area contributed by atoms with E-state index in [1.54, 1.807) is 0 Å². The van der Waals surface area contributed by atoms with E-state index in [0.29, 0.717) is 0 Å². The van der Waals surface area contributed by atoms with Crippen molar-refractivity contribution < 1.29 is 34.5 Å². The predicted octanol–water partition coefficient (Wildman–Crippen LogP) is -1.47. The van der Waals surface area contributed by atoms with Gasteiger partial charge in [-0.2, -0.15) is 0 Å². The molecular formula is C7H11NO7. The Balaban J connectivity index is 0. The number of carboxylic acid groups (broad SMARTS) is 3. The van der Waals surface area contributed by atoms with E-state index in [4.69, 9.17) is 21.1 Å². The van der Waals surface area contributed by atoms with E-state index in [1.165, 1.54) is 0 Å². The Kier molecular flexibility index (Phi) is 7.70. The maximum Gasteiger partial charge on any atom is 0.371 e. The van der Waals surface area contributed by atoms with Crippen molar-refractivity contribution in [3.63, 3.8) is 0 Å². The highest BCUT2D eigenvalue weighted by Gasteiger charge is 2.14. The van der Waals surface area contributed by atoms with E-state index in [2.05, 4.69) is 0 Å². The fraction of sp³-hybridized carbons (Fsp3) is 0.429. The number of rotatable bonds is 4. The first-order chi connectivity index (χ1) is 6.68. The number of nitrogens with two attached hydrogens (primary N) is 1. The fourth-order valence-electron chi connectivity index (χ4n) is 0.275. The van der Waals surface area contributed by atoms with Crippen LogP contribution in [0.25, 0.3) is 0 Å². The Bertz CT molecular complexity index is 261. The molecule has 0 aromatic heterocycles. The average molecular weight is 221 g/mol. The van der Waals surface area contributed by atoms with Crippen molar-refractivity contribution in [3.8, 4) is 0 Å². The zero-order valence-electron chi connectivity index (χ0n) is 7.84. The molecule has 0 aromatic rings. The predicted molar refractivity (Wildman–Crippen MR) is 46.2 cm³/mol. The molecule has 8 heteroatoms. The van der Waals surface area contributed by atoms with E-state index < -0.39 is 36.2 Å². The first-order valence-electron chi connectivity index (χ1n) is 3.62. The lowest BCUT2D eigenvalue weighted by Crippen LogP contribution is -2.32. The van der Waals surface area contributed by atoms with Gasteiger partial charge in [0.15, 0.2) is 0 Å². The summed E-state index contributed by atoms with van der Waals surface area (Å²) in [5.74, 6) is -4.70. The molecule has 0 radical (unpaired) electrons. The molecular weight excluding hydrogens is 210 g/mol. The van der Waals surface area contributed by atoms with Crippen LogP contribution in [-0.2, 0) is 19.2 Å². The van der Waals surface area contributed by atoms with E-state index >= 15 is 0 Å². The van der Waals surface area contributed by atoms with Gasteiger partial charge >= 0.3 is 17.9 Å². The third-order valence-electron chi connectivity index (χ3n) is 1.01. The summed E-state index contributed by atoms with van der Waals surface area (Å²) in [6.07, 6.45) is -0.532. The Morgan fingerprint density at radius 3 is 1.53 bits per heavy atom. The number of hydrogen-bond acceptors (Lipinski definition) is 5. The number of hydrogen-bond donors (Lipinski definition) is 4. The Hall–Kier alpha value is -1.96. The maximum absolute atomic E-state index is 9.85. The molecule has 0 saturated carbocycles. The lowest BCUT2D eigenvalue weighted by molar-refractivity contribution is -0.148. The van der Waals surface area contributed by atoms with E-state index in [0.717, 1.165) is 6.92 Å². The normalized spacial score (nSPS) is 10.5. The van der Waals surface area contributed by atoms with Gasteiger partial charge in [0.05, 0.1) is 6.42 Å². The molecule has 0 aliphatic heterocycles. The minimum Gasteiger partial charge on any atom is -0.481 e. The molecule has 0 aliphatic carbocycles. The standard InChI is InChI=1S/C4H7NO4.C3H4O3/c5-2(4(8)9)1-3(6)7;1-2(4)3(5)6/h2H,1,5H2,(H,6,7)(H,8,9);1H3,(H,5,6). The van der Waals surface area contributed by atoms with Crippen molar-refractivity contribution in [2.45, 2.75) is 19.4 Å². The van der Waals surface area contributed by atoms with Crippen molar-refractivity contribution in [3.05, 3.63) is 0 Å². The van der Waals surface area contributed by atoms with Crippen molar-refractivity contribution >= 4 is 23.7 Å². The molecule has 15 heavy (non-hydrogen) atoms. The molecule has 86 valence electrons. The summed E-state index contributed by atoms with van der Waals surface area (Å²) in [5, 5.41) is 23.7. The van der Waals surface area contributed by atoms with Crippen LogP contribution in [-0.4, -0.2) is 45.1 Å². The topological polar surface area (TPSA) is 155 Å². The SMILES string of the molecule is CC(=O)C(=O)O.NC(CC(=O)O)C(=O)O. The van der Waals surface area contributed by atoms with Crippen LogP contribution in [0.3, 0.4) is 0 Å². The molecule has 0 aliphatic rings. The van der Waals surface area contributed by atoms with E-state index in [1.807, 2.05) is 0 Å². The summed E-state index contributed by atoms with van der Waals surface area (Å²) in [4.78, 5) is 38.5. The van der Waals surface area contributed by atoms with Crippen LogP contribution in [0.4, 0.5) is 0 Å². The smallest absolute Gasteiger partial charge is 0.371 e. The van der Waals surface area contributed by atoms with Gasteiger partial charge in [-0.25, -0.2) is 4.79 Å². The third-order valence-corrected chi connectivity index (χ3v) is 1.01. The number of carbonyl (C=O) groups excluding carboxylic acids is 1. The van der Waals surface area contributed by atoms with Crippen molar-refractivity contribution in [1.82, 2.24) is 0 Å². The summed E-state index contributed by atoms with van der Waals surface area (Å²) >= 11 is 0. The minimum atomic E-state index is -1.38. The lowest BCUT2D eigenvalue weighted by atomic mass is 10.2. The second kappa shape index (κ2) is 7.44. The van der Waals surface area contributed by atoms with Gasteiger partial charge in [-0.15, -0.1) is 0 Å². The van der Waals surface area contributed by atoms with Gasteiger partial charge in [-0.05, 0) is 0 Å². The van der Waals surface area contributed by atoms with Crippen LogP contribution in [0.1, 0.15) is 13.3 Å². The summed E-state index contributed by atoms with van der Waals surface area (Å²) in [5.41, 5.74) is 4.84. The Labute approximate surface area is 84.3 Å². The first-order valence-corrected chi connectivity index (χ1v) is 3.62. The summed E-state index contributed by atoms with van der Waals surface area (Å²) in [6.45, 7) is 1.00. The Morgan fingerprint density at radius 2 is 1.47 bits per heavy atom. The lowest BCUT2D eigenvalue weighted by Gasteiger charge is -1.99. The van der Waals surface area contributed by atoms with Crippen LogP contribution < -0.4 is 5.73 Å². The molecule has 0 amide bonds. The van der Waals surface area contributed by atoms with Gasteiger partial charge in [0.1, 0.15) is 6.04 Å². The highest BCUT2D eigenvalue weighted by Crippen LogP contribution is 1.86. The molecule has 0 aromatic carbocycles. The molecule has 0 saturated heterocycles. The third kappa shape index (κ3) is 12.0. The van der Waals surface area contributed by atoms with Gasteiger partial charge in [-0.1, -0.05) is 0 Å². The van der Waals surface area contributed by atoms with Crippen LogP contribution in [0.15, 0.2) is 0 Å². The fourth-order valence-corrected chi connectivity index (χ4v) is 0.275. The van der Waals surface area contributed by atoms with Crippen molar-refractivity contribution in [2.24, 2.45) is 5.73 Å². The van der Waals surface area contributed by atoms with Gasteiger partial charge in [0.25, 0.3) is 0 Å². The zero-order valence-corrected chi connectivity index (χ0v) is 7.84. The molecule has 1 atom stereocenters. The minimum absolute atomic E-state index is 0.532.